The predicted octanol–water partition coefficient (Wildman–Crippen LogP) is 3.50. The average molecular weight is 376 g/mol. The molecule has 2 aromatic carbocycles. The van der Waals surface area contributed by atoms with E-state index in [9.17, 15) is 10.2 Å². The van der Waals surface area contributed by atoms with Crippen LogP contribution in [-0.2, 0) is 6.54 Å². The number of hydrogen-bond acceptors (Lipinski definition) is 4. The van der Waals surface area contributed by atoms with Crippen molar-refractivity contribution >= 4 is 11.6 Å². The molecule has 0 amide bonds. The van der Waals surface area contributed by atoms with E-state index in [2.05, 4.69) is 17.0 Å². The van der Waals surface area contributed by atoms with E-state index in [0.29, 0.717) is 18.1 Å². The molecule has 0 unspecified atom stereocenters. The molecule has 5 heteroatoms. The molecule has 2 aromatic rings. The van der Waals surface area contributed by atoms with Crippen molar-refractivity contribution in [1.82, 2.24) is 4.90 Å². The Kier molecular flexibility index (Phi) is 6.92. The van der Waals surface area contributed by atoms with E-state index in [1.807, 2.05) is 30.3 Å². The van der Waals surface area contributed by atoms with Crippen LogP contribution in [0.2, 0.25) is 5.02 Å². The molecule has 1 fully saturated rings. The number of hydrogen-bond donors (Lipinski definition) is 2. The lowest BCUT2D eigenvalue weighted by Gasteiger charge is -2.41. The van der Waals surface area contributed by atoms with Gasteiger partial charge in [-0.05, 0) is 49.1 Å². The fourth-order valence-electron chi connectivity index (χ4n) is 3.64. The van der Waals surface area contributed by atoms with Crippen LogP contribution >= 0.6 is 11.6 Å². The number of nitrogens with zero attached hydrogens (tertiary/aromatic N) is 1. The third-order valence-electron chi connectivity index (χ3n) is 4.95. The van der Waals surface area contributed by atoms with E-state index < -0.39 is 6.10 Å². The van der Waals surface area contributed by atoms with Crippen LogP contribution in [0.25, 0.3) is 0 Å². The van der Waals surface area contributed by atoms with Gasteiger partial charge in [-0.25, -0.2) is 0 Å². The summed E-state index contributed by atoms with van der Waals surface area (Å²) in [4.78, 5) is 2.16. The minimum absolute atomic E-state index is 0.0339. The minimum Gasteiger partial charge on any atom is -0.488 e. The number of halogens is 1. The molecule has 0 aliphatic heterocycles. The second-order valence-electron chi connectivity index (χ2n) is 6.78. The molecule has 26 heavy (non-hydrogen) atoms. The number of ether oxygens (including phenoxy) is 1. The molecule has 3 rings (SSSR count). The highest BCUT2D eigenvalue weighted by atomic mass is 35.5. The lowest BCUT2D eigenvalue weighted by atomic mass is 9.88. The van der Waals surface area contributed by atoms with Gasteiger partial charge >= 0.3 is 0 Å². The SMILES string of the molecule is OCCN(Cc1ccccc1)[C@H]1CCC[C@@H](Oc2ccc(Cl)cc2)[C@@H]1O. The highest BCUT2D eigenvalue weighted by Gasteiger charge is 2.36. The molecule has 1 aliphatic rings. The maximum Gasteiger partial charge on any atom is 0.126 e. The van der Waals surface area contributed by atoms with Crippen molar-refractivity contribution in [2.75, 3.05) is 13.2 Å². The zero-order valence-electron chi connectivity index (χ0n) is 14.8. The lowest BCUT2D eigenvalue weighted by Crippen LogP contribution is -2.53. The van der Waals surface area contributed by atoms with Crippen molar-refractivity contribution < 1.29 is 14.9 Å². The minimum atomic E-state index is -0.602. The summed E-state index contributed by atoms with van der Waals surface area (Å²) < 4.78 is 6.03. The maximum atomic E-state index is 10.9. The van der Waals surface area contributed by atoms with Gasteiger partial charge in [-0.2, -0.15) is 0 Å². The van der Waals surface area contributed by atoms with Gasteiger partial charge in [0.15, 0.2) is 0 Å². The smallest absolute Gasteiger partial charge is 0.126 e. The van der Waals surface area contributed by atoms with Gasteiger partial charge in [-0.15, -0.1) is 0 Å². The molecule has 1 saturated carbocycles. The maximum absolute atomic E-state index is 10.9. The Morgan fingerprint density at radius 2 is 1.77 bits per heavy atom. The third-order valence-corrected chi connectivity index (χ3v) is 5.20. The van der Waals surface area contributed by atoms with Gasteiger partial charge in [-0.1, -0.05) is 41.9 Å². The van der Waals surface area contributed by atoms with Gasteiger partial charge in [0.1, 0.15) is 18.0 Å². The quantitative estimate of drug-likeness (QED) is 0.777. The first-order valence-corrected chi connectivity index (χ1v) is 9.54. The van der Waals surface area contributed by atoms with Crippen molar-refractivity contribution in [3.63, 3.8) is 0 Å². The van der Waals surface area contributed by atoms with Gasteiger partial charge < -0.3 is 14.9 Å². The summed E-state index contributed by atoms with van der Waals surface area (Å²) in [7, 11) is 0. The molecule has 0 saturated heterocycles. The van der Waals surface area contributed by atoms with E-state index in [-0.39, 0.29) is 18.8 Å². The van der Waals surface area contributed by atoms with E-state index >= 15 is 0 Å². The van der Waals surface area contributed by atoms with Crippen molar-refractivity contribution in [3.8, 4) is 5.75 Å². The summed E-state index contributed by atoms with van der Waals surface area (Å²) in [5, 5.41) is 21.1. The first-order valence-electron chi connectivity index (χ1n) is 9.16. The van der Waals surface area contributed by atoms with Crippen molar-refractivity contribution in [2.24, 2.45) is 0 Å². The second-order valence-corrected chi connectivity index (χ2v) is 7.22. The van der Waals surface area contributed by atoms with Crippen LogP contribution in [0.3, 0.4) is 0 Å². The number of benzene rings is 2. The molecule has 2 N–H and O–H groups in total. The predicted molar refractivity (Wildman–Crippen MR) is 103 cm³/mol. The zero-order chi connectivity index (χ0) is 18.4. The van der Waals surface area contributed by atoms with Gasteiger partial charge in [0.05, 0.1) is 6.61 Å². The second kappa shape index (κ2) is 9.38. The van der Waals surface area contributed by atoms with E-state index in [1.165, 1.54) is 5.56 Å². The van der Waals surface area contributed by atoms with E-state index in [4.69, 9.17) is 16.3 Å². The van der Waals surface area contributed by atoms with Crippen LogP contribution in [-0.4, -0.2) is 46.5 Å². The third kappa shape index (κ3) is 4.98. The Bertz CT molecular complexity index is 665. The van der Waals surface area contributed by atoms with Gasteiger partial charge in [0, 0.05) is 24.2 Å². The average Bonchev–Trinajstić information content (AvgIpc) is 2.66. The number of rotatable bonds is 7. The molecular formula is C21H26ClNO3. The van der Waals surface area contributed by atoms with E-state index in [0.717, 1.165) is 25.0 Å². The fourth-order valence-corrected chi connectivity index (χ4v) is 3.77. The molecule has 0 aromatic heterocycles. The summed E-state index contributed by atoms with van der Waals surface area (Å²) in [6.45, 7) is 1.31. The van der Waals surface area contributed by atoms with Crippen molar-refractivity contribution in [1.29, 1.82) is 0 Å². The summed E-state index contributed by atoms with van der Waals surface area (Å²) in [5.74, 6) is 0.718. The Balaban J connectivity index is 1.69. The van der Waals surface area contributed by atoms with Crippen molar-refractivity contribution in [2.45, 2.75) is 44.1 Å². The van der Waals surface area contributed by atoms with Gasteiger partial charge in [-0.3, -0.25) is 4.90 Å². The largest absolute Gasteiger partial charge is 0.488 e. The van der Waals surface area contributed by atoms with Crippen LogP contribution in [0.4, 0.5) is 0 Å². The summed E-state index contributed by atoms with van der Waals surface area (Å²) in [5.41, 5.74) is 1.17. The molecule has 0 bridgehead atoms. The lowest BCUT2D eigenvalue weighted by molar-refractivity contribution is -0.0586. The Morgan fingerprint density at radius 3 is 2.46 bits per heavy atom. The number of aliphatic hydroxyl groups excluding tert-OH is 2. The fraction of sp³-hybridized carbons (Fsp3) is 0.429. The molecule has 140 valence electrons. The molecule has 1 aliphatic carbocycles. The van der Waals surface area contributed by atoms with Crippen LogP contribution in [0, 0.1) is 0 Å². The van der Waals surface area contributed by atoms with Gasteiger partial charge in [0.2, 0.25) is 0 Å². The molecule has 3 atom stereocenters. The Morgan fingerprint density at radius 1 is 1.04 bits per heavy atom. The van der Waals surface area contributed by atoms with Crippen molar-refractivity contribution in [3.05, 3.63) is 65.2 Å². The topological polar surface area (TPSA) is 52.9 Å². The van der Waals surface area contributed by atoms with Crippen LogP contribution < -0.4 is 4.74 Å². The molecule has 4 nitrogen and oxygen atoms in total. The summed E-state index contributed by atoms with van der Waals surface area (Å²) in [6.07, 6.45) is 1.84. The first-order chi connectivity index (χ1) is 12.7. The zero-order valence-corrected chi connectivity index (χ0v) is 15.6. The standard InChI is InChI=1S/C21H26ClNO3/c22-17-9-11-18(12-10-17)26-20-8-4-7-19(21(20)25)23(13-14-24)15-16-5-2-1-3-6-16/h1-3,5-6,9-12,19-21,24-25H,4,7-8,13-15H2/t19-,20+,21+/m0/s1. The summed E-state index contributed by atoms with van der Waals surface area (Å²) in [6, 6.07) is 17.4. The van der Waals surface area contributed by atoms with E-state index in [1.54, 1.807) is 12.1 Å². The molecule has 0 radical (unpaired) electrons. The van der Waals surface area contributed by atoms with Gasteiger partial charge in [0.25, 0.3) is 0 Å². The molecule has 0 spiro atoms. The Hall–Kier alpha value is -1.59. The Labute approximate surface area is 160 Å². The summed E-state index contributed by atoms with van der Waals surface area (Å²) >= 11 is 5.92. The van der Waals surface area contributed by atoms with Crippen LogP contribution in [0.1, 0.15) is 24.8 Å². The number of aliphatic hydroxyl groups is 2. The normalized spacial score (nSPS) is 23.2. The molecular weight excluding hydrogens is 350 g/mol. The highest BCUT2D eigenvalue weighted by molar-refractivity contribution is 6.30. The van der Waals surface area contributed by atoms with Crippen LogP contribution in [0.15, 0.2) is 54.6 Å². The first kappa shape index (κ1) is 19.2. The monoisotopic (exact) mass is 375 g/mol. The molecule has 0 heterocycles. The van der Waals surface area contributed by atoms with Crippen LogP contribution in [0.5, 0.6) is 5.75 Å². The highest BCUT2D eigenvalue weighted by Crippen LogP contribution is 2.29.